The van der Waals surface area contributed by atoms with E-state index in [1.54, 1.807) is 5.41 Å². The minimum Gasteiger partial charge on any atom is -0.255 e. The molecule has 0 saturated carbocycles. The van der Waals surface area contributed by atoms with E-state index < -0.39 is 10.8 Å². The third kappa shape index (κ3) is 1.44. The summed E-state index contributed by atoms with van der Waals surface area (Å²) in [7, 11) is -0.641. The van der Waals surface area contributed by atoms with Gasteiger partial charge < -0.3 is 0 Å². The summed E-state index contributed by atoms with van der Waals surface area (Å²) in [5.41, 5.74) is 0. The zero-order valence-corrected chi connectivity index (χ0v) is 5.78. The summed E-state index contributed by atoms with van der Waals surface area (Å²) in [6, 6.07) is 0. The van der Waals surface area contributed by atoms with Gasteiger partial charge in [-0.25, -0.2) is 0 Å². The van der Waals surface area contributed by atoms with Crippen LogP contribution in [0, 0.1) is 5.92 Å². The van der Waals surface area contributed by atoms with E-state index in [0.717, 1.165) is 12.2 Å². The molecule has 1 heterocycles. The van der Waals surface area contributed by atoms with E-state index in [4.69, 9.17) is 0 Å². The molecule has 0 aromatic heterocycles. The van der Waals surface area contributed by atoms with Crippen LogP contribution in [0.4, 0.5) is 0 Å². The number of rotatable bonds is 0. The van der Waals surface area contributed by atoms with E-state index in [1.165, 1.54) is 0 Å². The van der Waals surface area contributed by atoms with Crippen molar-refractivity contribution >= 4 is 10.8 Å². The fourth-order valence-electron chi connectivity index (χ4n) is 0.688. The molecule has 0 aromatic rings. The molecule has 0 spiro atoms. The molecule has 1 rings (SSSR count). The van der Waals surface area contributed by atoms with Crippen molar-refractivity contribution in [1.82, 2.24) is 0 Å². The van der Waals surface area contributed by atoms with Gasteiger partial charge in [0.2, 0.25) is 0 Å². The number of hydrogen-bond acceptors (Lipinski definition) is 1. The molecule has 0 fully saturated rings. The van der Waals surface area contributed by atoms with Crippen molar-refractivity contribution in [1.29, 1.82) is 0 Å². The molecule has 2 unspecified atom stereocenters. The standard InChI is InChI=1S/C6H10OS/c1-6-2-4-8(7)5-3-6/h2,4,6H,3,5H2,1H3. The minimum atomic E-state index is -0.641. The summed E-state index contributed by atoms with van der Waals surface area (Å²) in [5, 5.41) is 1.80. The first-order chi connectivity index (χ1) is 3.79. The van der Waals surface area contributed by atoms with Gasteiger partial charge in [-0.2, -0.15) is 0 Å². The molecule has 1 aliphatic heterocycles. The van der Waals surface area contributed by atoms with Crippen LogP contribution in [0.3, 0.4) is 0 Å². The Labute approximate surface area is 52.2 Å². The number of hydrogen-bond donors (Lipinski definition) is 0. The molecule has 2 heteroatoms. The predicted octanol–water partition coefficient (Wildman–Crippen LogP) is 1.29. The normalized spacial score (nSPS) is 37.6. The average Bonchev–Trinajstić information content (AvgIpc) is 1.77. The van der Waals surface area contributed by atoms with Gasteiger partial charge >= 0.3 is 0 Å². The summed E-state index contributed by atoms with van der Waals surface area (Å²) in [5.74, 6) is 1.50. The van der Waals surface area contributed by atoms with Crippen molar-refractivity contribution < 1.29 is 4.21 Å². The summed E-state index contributed by atoms with van der Waals surface area (Å²) in [4.78, 5) is 0. The molecule has 46 valence electrons. The van der Waals surface area contributed by atoms with E-state index in [-0.39, 0.29) is 0 Å². The Hall–Kier alpha value is -0.110. The van der Waals surface area contributed by atoms with Crippen molar-refractivity contribution in [2.75, 3.05) is 5.75 Å². The highest BCUT2D eigenvalue weighted by Crippen LogP contribution is 2.10. The SMILES string of the molecule is CC1C=CS(=O)CC1. The Morgan fingerprint density at radius 3 is 2.88 bits per heavy atom. The van der Waals surface area contributed by atoms with Gasteiger partial charge in [-0.05, 0) is 17.7 Å². The fourth-order valence-corrected chi connectivity index (χ4v) is 1.87. The van der Waals surface area contributed by atoms with E-state index >= 15 is 0 Å². The van der Waals surface area contributed by atoms with Crippen LogP contribution >= 0.6 is 0 Å². The predicted molar refractivity (Wildman–Crippen MR) is 35.9 cm³/mol. The van der Waals surface area contributed by atoms with Crippen molar-refractivity contribution in [2.45, 2.75) is 13.3 Å². The summed E-state index contributed by atoms with van der Waals surface area (Å²) in [6.07, 6.45) is 3.11. The largest absolute Gasteiger partial charge is 0.255 e. The van der Waals surface area contributed by atoms with Crippen molar-refractivity contribution in [3.8, 4) is 0 Å². The second-order valence-corrected chi connectivity index (χ2v) is 3.62. The van der Waals surface area contributed by atoms with E-state index in [0.29, 0.717) is 5.92 Å². The van der Waals surface area contributed by atoms with Gasteiger partial charge in [0.25, 0.3) is 0 Å². The van der Waals surface area contributed by atoms with Gasteiger partial charge in [0.1, 0.15) is 0 Å². The van der Waals surface area contributed by atoms with Crippen LogP contribution in [0.25, 0.3) is 0 Å². The lowest BCUT2D eigenvalue weighted by Gasteiger charge is -2.08. The highest BCUT2D eigenvalue weighted by molar-refractivity contribution is 7.88. The molecular weight excluding hydrogens is 120 g/mol. The summed E-state index contributed by atoms with van der Waals surface area (Å²) >= 11 is 0. The molecule has 0 N–H and O–H groups in total. The van der Waals surface area contributed by atoms with Crippen LogP contribution in [0.1, 0.15) is 13.3 Å². The Morgan fingerprint density at radius 1 is 1.75 bits per heavy atom. The molecule has 0 saturated heterocycles. The van der Waals surface area contributed by atoms with Gasteiger partial charge in [0.15, 0.2) is 0 Å². The first-order valence-corrected chi connectivity index (χ1v) is 4.23. The third-order valence-corrected chi connectivity index (χ3v) is 2.43. The van der Waals surface area contributed by atoms with E-state index in [2.05, 4.69) is 6.92 Å². The maximum atomic E-state index is 10.6. The highest BCUT2D eigenvalue weighted by atomic mass is 32.2. The topological polar surface area (TPSA) is 17.1 Å². The Morgan fingerprint density at radius 2 is 2.50 bits per heavy atom. The van der Waals surface area contributed by atoms with Crippen molar-refractivity contribution in [2.24, 2.45) is 5.92 Å². The zero-order chi connectivity index (χ0) is 5.98. The van der Waals surface area contributed by atoms with Crippen LogP contribution in [0.15, 0.2) is 11.5 Å². The molecule has 0 radical (unpaired) electrons. The second kappa shape index (κ2) is 2.44. The van der Waals surface area contributed by atoms with Crippen LogP contribution < -0.4 is 0 Å². The minimum absolute atomic E-state index is 0.641. The quantitative estimate of drug-likeness (QED) is 0.483. The molecule has 0 aliphatic carbocycles. The Kier molecular flexibility index (Phi) is 1.84. The third-order valence-electron chi connectivity index (χ3n) is 1.33. The van der Waals surface area contributed by atoms with Crippen molar-refractivity contribution in [3.63, 3.8) is 0 Å². The molecule has 0 amide bonds. The molecule has 0 bridgehead atoms. The van der Waals surface area contributed by atoms with Gasteiger partial charge in [-0.3, -0.25) is 4.21 Å². The van der Waals surface area contributed by atoms with Gasteiger partial charge in [-0.1, -0.05) is 13.0 Å². The van der Waals surface area contributed by atoms with E-state index in [1.807, 2.05) is 6.08 Å². The molecule has 0 aromatic carbocycles. The first kappa shape index (κ1) is 6.02. The Bertz CT molecular complexity index is 128. The Balaban J connectivity index is 2.55. The zero-order valence-electron chi connectivity index (χ0n) is 4.96. The lowest BCUT2D eigenvalue weighted by molar-refractivity contribution is 0.658. The van der Waals surface area contributed by atoms with Gasteiger partial charge in [0, 0.05) is 16.6 Å². The lowest BCUT2D eigenvalue weighted by Crippen LogP contribution is -2.04. The smallest absolute Gasteiger partial charge is 0.0453 e. The average molecular weight is 130 g/mol. The number of allylic oxidation sites excluding steroid dienone is 1. The molecule has 2 atom stereocenters. The van der Waals surface area contributed by atoms with Gasteiger partial charge in [-0.15, -0.1) is 0 Å². The summed E-state index contributed by atoms with van der Waals surface area (Å²) in [6.45, 7) is 2.15. The molecule has 1 aliphatic rings. The van der Waals surface area contributed by atoms with Crippen LogP contribution in [-0.2, 0) is 10.8 Å². The monoisotopic (exact) mass is 130 g/mol. The van der Waals surface area contributed by atoms with Crippen LogP contribution in [0.2, 0.25) is 0 Å². The van der Waals surface area contributed by atoms with Crippen molar-refractivity contribution in [3.05, 3.63) is 11.5 Å². The van der Waals surface area contributed by atoms with Gasteiger partial charge in [0.05, 0.1) is 0 Å². The molecule has 1 nitrogen and oxygen atoms in total. The second-order valence-electron chi connectivity index (χ2n) is 2.18. The first-order valence-electron chi connectivity index (χ1n) is 2.84. The van der Waals surface area contributed by atoms with Crippen LogP contribution in [-0.4, -0.2) is 9.96 Å². The lowest BCUT2D eigenvalue weighted by atomic mass is 10.1. The van der Waals surface area contributed by atoms with E-state index in [9.17, 15) is 4.21 Å². The maximum absolute atomic E-state index is 10.6. The molecule has 8 heavy (non-hydrogen) atoms. The van der Waals surface area contributed by atoms with Crippen LogP contribution in [0.5, 0.6) is 0 Å². The maximum Gasteiger partial charge on any atom is 0.0453 e. The molecular formula is C6H10OS. The fraction of sp³-hybridized carbons (Fsp3) is 0.667. The summed E-state index contributed by atoms with van der Waals surface area (Å²) < 4.78 is 10.6. The highest BCUT2D eigenvalue weighted by Gasteiger charge is 2.05.